The molecule has 0 spiro atoms. The molecule has 0 fully saturated rings. The van der Waals surface area contributed by atoms with Crippen LogP contribution in [0.15, 0.2) is 243 Å². The number of aromatic nitrogens is 2. The second-order valence-corrected chi connectivity index (χ2v) is 16.8. The molecule has 2 aromatic heterocycles. The zero-order chi connectivity index (χ0) is 42.1. The summed E-state index contributed by atoms with van der Waals surface area (Å²) in [6.45, 7) is 0. The van der Waals surface area contributed by atoms with Crippen LogP contribution in [0.4, 0.5) is 0 Å². The maximum absolute atomic E-state index is 2.56. The molecule has 0 aliphatic rings. The van der Waals surface area contributed by atoms with Gasteiger partial charge >= 0.3 is 0 Å². The summed E-state index contributed by atoms with van der Waals surface area (Å²) in [7, 11) is 0. The summed E-state index contributed by atoms with van der Waals surface area (Å²) in [4.78, 5) is 0. The molecule has 0 amide bonds. The minimum Gasteiger partial charge on any atom is -0.307 e. The smallest absolute Gasteiger partial charge is 0.0620 e. The summed E-state index contributed by atoms with van der Waals surface area (Å²) in [5.41, 5.74) is 14.3. The Balaban J connectivity index is 1.22. The van der Waals surface area contributed by atoms with Gasteiger partial charge in [-0.1, -0.05) is 231 Å². The van der Waals surface area contributed by atoms with E-state index < -0.39 is 0 Å². The zero-order valence-electron chi connectivity index (χ0n) is 35.0. The lowest BCUT2D eigenvalue weighted by Crippen LogP contribution is -2.00. The molecule has 0 radical (unpaired) electrons. The molecule has 2 nitrogen and oxygen atoms in total. The Morgan fingerprint density at radius 1 is 0.203 bits per heavy atom. The first-order valence-electron chi connectivity index (χ1n) is 22.1. The monoisotopic (exact) mass is 812 g/mol. The largest absolute Gasteiger partial charge is 0.307 e. The first-order chi connectivity index (χ1) is 31.8. The first kappa shape index (κ1) is 36.2. The van der Waals surface area contributed by atoms with E-state index in [4.69, 9.17) is 0 Å². The summed E-state index contributed by atoms with van der Waals surface area (Å²) in [6.07, 6.45) is 0. The number of rotatable bonds is 6. The highest BCUT2D eigenvalue weighted by Crippen LogP contribution is 2.50. The maximum Gasteiger partial charge on any atom is 0.0620 e. The first-order valence-corrected chi connectivity index (χ1v) is 22.1. The Morgan fingerprint density at radius 2 is 0.516 bits per heavy atom. The third kappa shape index (κ3) is 5.46. The van der Waals surface area contributed by atoms with Crippen LogP contribution in [0, 0.1) is 0 Å². The number of hydrogen-bond acceptors (Lipinski definition) is 0. The highest BCUT2D eigenvalue weighted by atomic mass is 15.0. The summed E-state index contributed by atoms with van der Waals surface area (Å²) in [5.74, 6) is 0. The van der Waals surface area contributed by atoms with E-state index in [1.165, 1.54) is 110 Å². The fraction of sp³-hybridized carbons (Fsp3) is 0. The normalized spacial score (nSPS) is 11.8. The molecule has 2 heteroatoms. The highest BCUT2D eigenvalue weighted by Gasteiger charge is 2.27. The van der Waals surface area contributed by atoms with Gasteiger partial charge in [0.15, 0.2) is 0 Å². The number of nitrogens with zero attached hydrogens (tertiary/aromatic N) is 2. The molecular weight excluding hydrogens is 773 g/mol. The van der Waals surface area contributed by atoms with Gasteiger partial charge in [-0.3, -0.25) is 0 Å². The van der Waals surface area contributed by atoms with Crippen LogP contribution in [0.25, 0.3) is 121 Å². The Labute approximate surface area is 371 Å². The summed E-state index contributed by atoms with van der Waals surface area (Å²) in [6, 6.07) is 89.1. The molecule has 0 bridgehead atoms. The Hall–Kier alpha value is -8.46. The van der Waals surface area contributed by atoms with E-state index >= 15 is 0 Å². The standard InChI is InChI=1S/C62H40N2/c1-5-21-43(22-6-1)57-53-39-35-49-50-36-40-54-58(44-23-7-2-8-24-44)60(46-27-11-4-12-28-46)64(56-34-18-30-42-20-14-16-32-48(42)56)62(54)52(50)38-37-51(49)61(53)63(59(57)45-25-9-3-10-26-45)55-33-17-29-41-19-13-15-31-47(41)55/h1-40H. The number of hydrogen-bond donors (Lipinski definition) is 0. The third-order valence-corrected chi connectivity index (χ3v) is 13.3. The van der Waals surface area contributed by atoms with Crippen molar-refractivity contribution < 1.29 is 0 Å². The van der Waals surface area contributed by atoms with Gasteiger partial charge in [0, 0.05) is 43.4 Å². The second-order valence-electron chi connectivity index (χ2n) is 16.8. The molecule has 64 heavy (non-hydrogen) atoms. The zero-order valence-corrected chi connectivity index (χ0v) is 35.0. The van der Waals surface area contributed by atoms with E-state index in [-0.39, 0.29) is 0 Å². The highest BCUT2D eigenvalue weighted by molar-refractivity contribution is 6.26. The average molecular weight is 813 g/mol. The number of benzene rings is 11. The fourth-order valence-corrected chi connectivity index (χ4v) is 10.6. The van der Waals surface area contributed by atoms with Crippen LogP contribution in [0.2, 0.25) is 0 Å². The molecule has 13 rings (SSSR count). The van der Waals surface area contributed by atoms with Crippen molar-refractivity contribution in [2.45, 2.75) is 0 Å². The molecule has 298 valence electrons. The summed E-state index contributed by atoms with van der Waals surface area (Å²) in [5, 5.41) is 12.2. The van der Waals surface area contributed by atoms with Gasteiger partial charge in [0.05, 0.1) is 33.8 Å². The SMILES string of the molecule is c1ccc(-c2c(-c3ccccc3)n(-c3cccc4ccccc34)c3c2ccc2c4ccc5c(-c6ccccc6)c(-c6ccccc6)n(-c6cccc7ccccc67)c5c4ccc23)cc1. The lowest BCUT2D eigenvalue weighted by atomic mass is 9.94. The van der Waals surface area contributed by atoms with Crippen molar-refractivity contribution in [3.8, 4) is 56.1 Å². The molecule has 13 aromatic rings. The lowest BCUT2D eigenvalue weighted by molar-refractivity contribution is 1.15. The minimum atomic E-state index is 1.16. The lowest BCUT2D eigenvalue weighted by Gasteiger charge is -2.17. The van der Waals surface area contributed by atoms with Crippen LogP contribution in [-0.2, 0) is 0 Å². The van der Waals surface area contributed by atoms with Gasteiger partial charge < -0.3 is 9.13 Å². The molecular formula is C62H40N2. The second kappa shape index (κ2) is 14.6. The summed E-state index contributed by atoms with van der Waals surface area (Å²) < 4.78 is 5.11. The van der Waals surface area contributed by atoms with Gasteiger partial charge in [0.2, 0.25) is 0 Å². The molecule has 0 N–H and O–H groups in total. The Bertz CT molecular complexity index is 3650. The van der Waals surface area contributed by atoms with Crippen LogP contribution < -0.4 is 0 Å². The predicted molar refractivity (Wildman–Crippen MR) is 272 cm³/mol. The van der Waals surface area contributed by atoms with Crippen molar-refractivity contribution in [3.05, 3.63) is 243 Å². The van der Waals surface area contributed by atoms with Crippen molar-refractivity contribution in [3.63, 3.8) is 0 Å². The fourth-order valence-electron chi connectivity index (χ4n) is 10.6. The molecule has 0 unspecified atom stereocenters. The third-order valence-electron chi connectivity index (χ3n) is 13.3. The molecule has 0 aliphatic carbocycles. The van der Waals surface area contributed by atoms with Crippen LogP contribution >= 0.6 is 0 Å². The molecule has 0 atom stereocenters. The van der Waals surface area contributed by atoms with Crippen molar-refractivity contribution >= 4 is 64.9 Å². The molecule has 0 saturated heterocycles. The van der Waals surface area contributed by atoms with Gasteiger partial charge in [0.1, 0.15) is 0 Å². The van der Waals surface area contributed by atoms with E-state index in [9.17, 15) is 0 Å². The van der Waals surface area contributed by atoms with Gasteiger partial charge in [-0.05, 0) is 55.9 Å². The van der Waals surface area contributed by atoms with Crippen LogP contribution in [0.1, 0.15) is 0 Å². The van der Waals surface area contributed by atoms with Crippen molar-refractivity contribution in [2.24, 2.45) is 0 Å². The minimum absolute atomic E-state index is 1.16. The molecule has 0 saturated carbocycles. The van der Waals surface area contributed by atoms with Crippen molar-refractivity contribution in [2.75, 3.05) is 0 Å². The molecule has 11 aromatic carbocycles. The van der Waals surface area contributed by atoms with Crippen LogP contribution in [0.5, 0.6) is 0 Å². The van der Waals surface area contributed by atoms with Crippen LogP contribution in [-0.4, -0.2) is 9.13 Å². The van der Waals surface area contributed by atoms with Gasteiger partial charge in [0.25, 0.3) is 0 Å². The quantitative estimate of drug-likeness (QED) is 0.148. The predicted octanol–water partition coefficient (Wildman–Crippen LogP) is 16.9. The summed E-state index contributed by atoms with van der Waals surface area (Å²) >= 11 is 0. The van der Waals surface area contributed by atoms with E-state index in [2.05, 4.69) is 252 Å². The Morgan fingerprint density at radius 3 is 0.922 bits per heavy atom. The van der Waals surface area contributed by atoms with E-state index in [0.717, 1.165) is 11.4 Å². The van der Waals surface area contributed by atoms with E-state index in [1.807, 2.05) is 0 Å². The van der Waals surface area contributed by atoms with Crippen LogP contribution in [0.3, 0.4) is 0 Å². The molecule has 0 aliphatic heterocycles. The van der Waals surface area contributed by atoms with Gasteiger partial charge in [-0.2, -0.15) is 0 Å². The van der Waals surface area contributed by atoms with E-state index in [0.29, 0.717) is 0 Å². The van der Waals surface area contributed by atoms with E-state index in [1.54, 1.807) is 0 Å². The van der Waals surface area contributed by atoms with Crippen molar-refractivity contribution in [1.29, 1.82) is 0 Å². The van der Waals surface area contributed by atoms with Crippen molar-refractivity contribution in [1.82, 2.24) is 9.13 Å². The Kier molecular flexibility index (Phi) is 8.25. The van der Waals surface area contributed by atoms with Gasteiger partial charge in [-0.25, -0.2) is 0 Å². The topological polar surface area (TPSA) is 9.86 Å². The maximum atomic E-state index is 2.56. The average Bonchev–Trinajstić information content (AvgIpc) is 3.91. The van der Waals surface area contributed by atoms with Gasteiger partial charge in [-0.15, -0.1) is 0 Å². The molecule has 2 heterocycles. The number of fused-ring (bicyclic) bond motifs is 9.